The normalized spacial score (nSPS) is 26.3. The predicted molar refractivity (Wildman–Crippen MR) is 134 cm³/mol. The van der Waals surface area contributed by atoms with Gasteiger partial charge < -0.3 is 15.5 Å². The first-order valence-electron chi connectivity index (χ1n) is 10.2. The summed E-state index contributed by atoms with van der Waals surface area (Å²) in [5.41, 5.74) is 1.24. The molecule has 0 aliphatic carbocycles. The summed E-state index contributed by atoms with van der Waals surface area (Å²) in [6.07, 6.45) is 8.63. The molecule has 3 unspecified atom stereocenters. The number of guanidine groups is 1. The van der Waals surface area contributed by atoms with E-state index in [0.29, 0.717) is 11.3 Å². The number of piperidine rings is 2. The molecule has 28 heavy (non-hydrogen) atoms. The third-order valence-electron chi connectivity index (χ3n) is 5.95. The van der Waals surface area contributed by atoms with Crippen molar-refractivity contribution in [2.45, 2.75) is 62.4 Å². The van der Waals surface area contributed by atoms with E-state index >= 15 is 0 Å². The van der Waals surface area contributed by atoms with Crippen molar-refractivity contribution in [3.8, 4) is 0 Å². The highest BCUT2D eigenvalue weighted by Gasteiger charge is 2.36. The number of thioether (sulfide) groups is 1. The number of halogens is 2. The Balaban J connectivity index is 0.00000280. The van der Waals surface area contributed by atoms with E-state index in [4.69, 9.17) is 16.6 Å². The summed E-state index contributed by atoms with van der Waals surface area (Å²) in [6.45, 7) is 3.76. The van der Waals surface area contributed by atoms with Crippen molar-refractivity contribution in [1.82, 2.24) is 15.5 Å². The van der Waals surface area contributed by atoms with Crippen LogP contribution in [0.25, 0.3) is 0 Å². The van der Waals surface area contributed by atoms with Crippen LogP contribution in [0.4, 0.5) is 0 Å². The first kappa shape index (κ1) is 24.1. The van der Waals surface area contributed by atoms with Crippen molar-refractivity contribution in [3.63, 3.8) is 0 Å². The van der Waals surface area contributed by atoms with Crippen LogP contribution in [-0.2, 0) is 0 Å². The zero-order valence-corrected chi connectivity index (χ0v) is 21.1. The number of hydrogen-bond acceptors (Lipinski definition) is 3. The number of nitrogens with zero attached hydrogens (tertiary/aromatic N) is 2. The van der Waals surface area contributed by atoms with Crippen molar-refractivity contribution < 1.29 is 0 Å². The maximum absolute atomic E-state index is 6.17. The highest BCUT2D eigenvalue weighted by Crippen LogP contribution is 2.33. The number of benzene rings is 1. The van der Waals surface area contributed by atoms with E-state index in [1.165, 1.54) is 37.7 Å². The second-order valence-electron chi connectivity index (χ2n) is 7.72. The Hall–Kier alpha value is -0.180. The lowest BCUT2D eigenvalue weighted by atomic mass is 9.82. The van der Waals surface area contributed by atoms with Gasteiger partial charge in [-0.25, -0.2) is 0 Å². The van der Waals surface area contributed by atoms with Gasteiger partial charge >= 0.3 is 0 Å². The molecule has 0 radical (unpaired) electrons. The van der Waals surface area contributed by atoms with E-state index < -0.39 is 0 Å². The van der Waals surface area contributed by atoms with Crippen molar-refractivity contribution in [1.29, 1.82) is 0 Å². The van der Waals surface area contributed by atoms with E-state index in [1.807, 2.05) is 23.9 Å². The topological polar surface area (TPSA) is 39.7 Å². The average molecular weight is 537 g/mol. The molecule has 2 heterocycles. The van der Waals surface area contributed by atoms with E-state index in [-0.39, 0.29) is 24.0 Å². The van der Waals surface area contributed by atoms with Gasteiger partial charge in [-0.05, 0) is 63.6 Å². The average Bonchev–Trinajstić information content (AvgIpc) is 2.63. The van der Waals surface area contributed by atoms with Crippen LogP contribution < -0.4 is 10.6 Å². The van der Waals surface area contributed by atoms with Crippen molar-refractivity contribution >= 4 is 53.3 Å². The molecule has 1 aromatic carbocycles. The smallest absolute Gasteiger partial charge is 0.191 e. The van der Waals surface area contributed by atoms with Gasteiger partial charge in [-0.15, -0.1) is 24.0 Å². The summed E-state index contributed by atoms with van der Waals surface area (Å²) in [6, 6.07) is 10.1. The van der Waals surface area contributed by atoms with Crippen molar-refractivity contribution in [3.05, 3.63) is 34.9 Å². The minimum atomic E-state index is 0. The van der Waals surface area contributed by atoms with Gasteiger partial charge in [-0.2, -0.15) is 11.8 Å². The molecular formula is C21H34ClIN4S. The Kier molecular flexibility index (Phi) is 10.2. The van der Waals surface area contributed by atoms with Crippen LogP contribution in [0.15, 0.2) is 29.3 Å². The minimum Gasteiger partial charge on any atom is -0.357 e. The Bertz CT molecular complexity index is 631. The van der Waals surface area contributed by atoms with Gasteiger partial charge in [0.15, 0.2) is 5.96 Å². The largest absolute Gasteiger partial charge is 0.357 e. The molecule has 0 amide bonds. The fraction of sp³-hybridized carbons (Fsp3) is 0.667. The molecule has 2 bridgehead atoms. The van der Waals surface area contributed by atoms with Crippen LogP contribution in [-0.4, -0.2) is 55.4 Å². The Labute approximate surface area is 196 Å². The van der Waals surface area contributed by atoms with Gasteiger partial charge in [0.1, 0.15) is 0 Å². The molecule has 0 aromatic heterocycles. The lowest BCUT2D eigenvalue weighted by Crippen LogP contribution is -2.56. The van der Waals surface area contributed by atoms with Crippen LogP contribution in [0.3, 0.4) is 0 Å². The maximum atomic E-state index is 6.17. The third-order valence-corrected chi connectivity index (χ3v) is 7.17. The molecule has 2 fully saturated rings. The molecule has 2 aliphatic rings. The Morgan fingerprint density at radius 3 is 2.64 bits per heavy atom. The highest BCUT2D eigenvalue weighted by atomic mass is 127. The molecule has 7 heteroatoms. The zero-order valence-electron chi connectivity index (χ0n) is 17.2. The van der Waals surface area contributed by atoms with Gasteiger partial charge in [-0.3, -0.25) is 4.99 Å². The van der Waals surface area contributed by atoms with Gasteiger partial charge in [0.05, 0.1) is 6.54 Å². The van der Waals surface area contributed by atoms with Crippen molar-refractivity contribution in [2.75, 3.05) is 26.4 Å². The monoisotopic (exact) mass is 536 g/mol. The third kappa shape index (κ3) is 6.41. The van der Waals surface area contributed by atoms with Crippen LogP contribution >= 0.6 is 47.3 Å². The molecule has 4 nitrogen and oxygen atoms in total. The number of aliphatic imine (C=N–C) groups is 1. The Morgan fingerprint density at radius 2 is 2.04 bits per heavy atom. The molecule has 0 spiro atoms. The van der Waals surface area contributed by atoms with Crippen LogP contribution in [0, 0.1) is 0 Å². The first-order valence-corrected chi connectivity index (χ1v) is 11.8. The maximum Gasteiger partial charge on any atom is 0.191 e. The number of rotatable bonds is 6. The summed E-state index contributed by atoms with van der Waals surface area (Å²) in [5.74, 6) is 0.950. The van der Waals surface area contributed by atoms with Gasteiger partial charge in [0.25, 0.3) is 0 Å². The fourth-order valence-corrected chi connectivity index (χ4v) is 5.29. The summed E-state index contributed by atoms with van der Waals surface area (Å²) in [7, 11) is 2.30. The highest BCUT2D eigenvalue weighted by molar-refractivity contribution is 14.0. The summed E-state index contributed by atoms with van der Waals surface area (Å²) >= 11 is 8.00. The lowest BCUT2D eigenvalue weighted by molar-refractivity contribution is 0.0526. The zero-order chi connectivity index (χ0) is 19.2. The molecule has 1 aromatic rings. The summed E-state index contributed by atoms with van der Waals surface area (Å²) < 4.78 is 0. The van der Waals surface area contributed by atoms with Crippen LogP contribution in [0.2, 0.25) is 5.02 Å². The molecule has 3 rings (SSSR count). The van der Waals surface area contributed by atoms with Crippen molar-refractivity contribution in [2.24, 2.45) is 4.99 Å². The fourth-order valence-electron chi connectivity index (χ4n) is 4.44. The summed E-state index contributed by atoms with van der Waals surface area (Å²) in [4.78, 5) is 7.52. The van der Waals surface area contributed by atoms with Gasteiger partial charge in [-0.1, -0.05) is 30.2 Å². The van der Waals surface area contributed by atoms with Crippen LogP contribution in [0.1, 0.15) is 49.8 Å². The van der Waals surface area contributed by atoms with E-state index in [2.05, 4.69) is 47.9 Å². The van der Waals surface area contributed by atoms with Crippen LogP contribution in [0.5, 0.6) is 0 Å². The second-order valence-corrected chi connectivity index (χ2v) is 9.19. The van der Waals surface area contributed by atoms with E-state index in [9.17, 15) is 0 Å². The molecule has 2 saturated heterocycles. The number of fused-ring (bicyclic) bond motifs is 2. The molecular weight excluding hydrogens is 503 g/mol. The van der Waals surface area contributed by atoms with Gasteiger partial charge in [0, 0.05) is 34.9 Å². The molecule has 0 saturated carbocycles. The van der Waals surface area contributed by atoms with Gasteiger partial charge in [0.2, 0.25) is 0 Å². The predicted octanol–water partition coefficient (Wildman–Crippen LogP) is 4.93. The quantitative estimate of drug-likeness (QED) is 0.307. The van der Waals surface area contributed by atoms with E-state index in [0.717, 1.165) is 36.2 Å². The number of nitrogens with one attached hydrogen (secondary N) is 2. The molecule has 2 aliphatic heterocycles. The SMILES string of the molecule is CCNC(=NCC(SC)c1cccc(Cl)c1)NC1CC2CCCC(C1)N2C.I. The summed E-state index contributed by atoms with van der Waals surface area (Å²) in [5, 5.41) is 8.27. The number of hydrogen-bond donors (Lipinski definition) is 2. The standard InChI is InChI=1S/C21H33ClN4S.HI/c1-4-23-21(24-14-20(27-3)15-7-5-8-16(22)11-15)25-17-12-18-9-6-10-19(13-17)26(18)2;/h5,7-8,11,17-20H,4,6,9-10,12-14H2,1-3H3,(H2,23,24,25);1H. The minimum absolute atomic E-state index is 0. The first-order chi connectivity index (χ1) is 13.1. The van der Waals surface area contributed by atoms with E-state index in [1.54, 1.807) is 0 Å². The molecule has 2 N–H and O–H groups in total. The molecule has 158 valence electrons. The second kappa shape index (κ2) is 11.9. The molecule has 3 atom stereocenters. The Morgan fingerprint density at radius 1 is 1.32 bits per heavy atom. The lowest BCUT2D eigenvalue weighted by Gasteiger charge is -2.47.